The van der Waals surface area contributed by atoms with E-state index in [1.807, 2.05) is 0 Å². The molecule has 0 saturated heterocycles. The molecule has 0 radical (unpaired) electrons. The minimum Gasteiger partial charge on any atom is -0.489 e. The maximum atomic E-state index is 13.2. The van der Waals surface area contributed by atoms with E-state index in [-0.39, 0.29) is 17.8 Å². The number of halogens is 2. The van der Waals surface area contributed by atoms with E-state index < -0.39 is 18.8 Å². The molecule has 2 aromatic rings. The van der Waals surface area contributed by atoms with E-state index in [9.17, 15) is 18.8 Å². The Kier molecular flexibility index (Phi) is 4.37. The van der Waals surface area contributed by atoms with Gasteiger partial charge in [0.2, 0.25) is 0 Å². The number of hydrogen-bond acceptors (Lipinski definition) is 3. The van der Waals surface area contributed by atoms with Crippen LogP contribution in [0.5, 0.6) is 5.75 Å². The number of benzene rings is 2. The largest absolute Gasteiger partial charge is 0.492 e. The second-order valence-electron chi connectivity index (χ2n) is 4.42. The Bertz CT molecular complexity index is 617. The monoisotopic (exact) mass is 278 g/mol. The highest BCUT2D eigenvalue weighted by Crippen LogP contribution is 2.16. The zero-order valence-corrected chi connectivity index (χ0v) is 10.8. The summed E-state index contributed by atoms with van der Waals surface area (Å²) in [6, 6.07) is 7.67. The third kappa shape index (κ3) is 3.34. The van der Waals surface area contributed by atoms with Gasteiger partial charge in [-0.1, -0.05) is 12.1 Å². The summed E-state index contributed by atoms with van der Waals surface area (Å²) in [5.41, 5.74) is 1.49. The molecule has 0 bridgehead atoms. The molecule has 2 N–H and O–H groups in total. The van der Waals surface area contributed by atoms with Crippen LogP contribution < -0.4 is 10.2 Å². The van der Waals surface area contributed by atoms with Gasteiger partial charge < -0.3 is 14.8 Å². The molecule has 20 heavy (non-hydrogen) atoms. The van der Waals surface area contributed by atoms with Crippen LogP contribution in [-0.4, -0.2) is 17.2 Å². The molecule has 0 aliphatic rings. The third-order valence-electron chi connectivity index (χ3n) is 2.95. The third-order valence-corrected chi connectivity index (χ3v) is 2.95. The molecule has 6 heteroatoms. The van der Waals surface area contributed by atoms with E-state index in [4.69, 9.17) is 4.74 Å². The Morgan fingerprint density at radius 2 is 1.70 bits per heavy atom. The summed E-state index contributed by atoms with van der Waals surface area (Å²) in [4.78, 5) is 0. The van der Waals surface area contributed by atoms with Crippen molar-refractivity contribution in [1.82, 2.24) is 0 Å². The lowest BCUT2D eigenvalue weighted by molar-refractivity contribution is 0.303. The standard InChI is InChI=1S/C14H13BF2O3/c1-9-2-3-11(16)6-10(9)8-20-14-7-12(17)4-5-13(14)15(18)19/h2-7,18-19H,8H2,1H3. The van der Waals surface area contributed by atoms with Gasteiger partial charge in [-0.15, -0.1) is 0 Å². The number of hydrogen-bond donors (Lipinski definition) is 2. The van der Waals surface area contributed by atoms with Crippen molar-refractivity contribution in [2.75, 3.05) is 0 Å². The Morgan fingerprint density at radius 3 is 2.40 bits per heavy atom. The molecule has 104 valence electrons. The first-order chi connectivity index (χ1) is 9.47. The van der Waals surface area contributed by atoms with Crippen molar-refractivity contribution in [3.05, 3.63) is 59.2 Å². The van der Waals surface area contributed by atoms with Gasteiger partial charge in [-0.05, 0) is 36.2 Å². The van der Waals surface area contributed by atoms with Crippen molar-refractivity contribution in [3.8, 4) is 5.75 Å². The summed E-state index contributed by atoms with van der Waals surface area (Å²) in [5, 5.41) is 18.4. The van der Waals surface area contributed by atoms with E-state index in [1.54, 1.807) is 13.0 Å². The molecule has 3 nitrogen and oxygen atoms in total. The molecule has 0 unspecified atom stereocenters. The molecule has 0 heterocycles. The van der Waals surface area contributed by atoms with Gasteiger partial charge in [0.05, 0.1) is 0 Å². The van der Waals surface area contributed by atoms with Crippen molar-refractivity contribution in [3.63, 3.8) is 0 Å². The summed E-state index contributed by atoms with van der Waals surface area (Å²) >= 11 is 0. The predicted molar refractivity (Wildman–Crippen MR) is 71.7 cm³/mol. The van der Waals surface area contributed by atoms with Crippen LogP contribution in [0, 0.1) is 18.6 Å². The highest BCUT2D eigenvalue weighted by Gasteiger charge is 2.18. The molecule has 0 amide bonds. The van der Waals surface area contributed by atoms with E-state index >= 15 is 0 Å². The predicted octanol–water partition coefficient (Wildman–Crippen LogP) is 1.53. The highest BCUT2D eigenvalue weighted by molar-refractivity contribution is 6.59. The molecule has 2 rings (SSSR count). The van der Waals surface area contributed by atoms with Crippen LogP contribution in [0.25, 0.3) is 0 Å². The highest BCUT2D eigenvalue weighted by atomic mass is 19.1. The molecule has 0 fully saturated rings. The Morgan fingerprint density at radius 1 is 1.05 bits per heavy atom. The second kappa shape index (κ2) is 6.03. The van der Waals surface area contributed by atoms with Gasteiger partial charge in [-0.3, -0.25) is 0 Å². The lowest BCUT2D eigenvalue weighted by atomic mass is 9.79. The van der Waals surface area contributed by atoms with Crippen LogP contribution >= 0.6 is 0 Å². The van der Waals surface area contributed by atoms with Crippen LogP contribution in [0.2, 0.25) is 0 Å². The fourth-order valence-electron chi connectivity index (χ4n) is 1.80. The Hall–Kier alpha value is -1.92. The van der Waals surface area contributed by atoms with Crippen molar-refractivity contribution in [2.24, 2.45) is 0 Å². The van der Waals surface area contributed by atoms with Crippen LogP contribution in [0.15, 0.2) is 36.4 Å². The molecule has 0 saturated carbocycles. The van der Waals surface area contributed by atoms with Crippen molar-refractivity contribution < 1.29 is 23.6 Å². The lowest BCUT2D eigenvalue weighted by Gasteiger charge is -2.12. The lowest BCUT2D eigenvalue weighted by Crippen LogP contribution is -2.31. The van der Waals surface area contributed by atoms with Gasteiger partial charge in [0.15, 0.2) is 0 Å². The fraction of sp³-hybridized carbons (Fsp3) is 0.143. The Labute approximate surface area is 115 Å². The van der Waals surface area contributed by atoms with Crippen LogP contribution in [-0.2, 0) is 6.61 Å². The summed E-state index contributed by atoms with van der Waals surface area (Å²) in [7, 11) is -1.76. The molecule has 0 spiro atoms. The molecular formula is C14H13BF2O3. The average Bonchev–Trinajstić information content (AvgIpc) is 2.39. The number of aryl methyl sites for hydroxylation is 1. The maximum Gasteiger partial charge on any atom is 0.492 e. The van der Waals surface area contributed by atoms with Gasteiger partial charge >= 0.3 is 7.12 Å². The van der Waals surface area contributed by atoms with Crippen LogP contribution in [0.3, 0.4) is 0 Å². The van der Waals surface area contributed by atoms with Crippen LogP contribution in [0.1, 0.15) is 11.1 Å². The first-order valence-electron chi connectivity index (χ1n) is 6.01. The topological polar surface area (TPSA) is 49.7 Å². The van der Waals surface area contributed by atoms with Gasteiger partial charge in [0, 0.05) is 11.5 Å². The van der Waals surface area contributed by atoms with E-state index in [1.165, 1.54) is 18.2 Å². The van der Waals surface area contributed by atoms with Gasteiger partial charge in [0.1, 0.15) is 24.0 Å². The molecule has 2 aromatic carbocycles. The normalized spacial score (nSPS) is 10.4. The van der Waals surface area contributed by atoms with Gasteiger partial charge in [0.25, 0.3) is 0 Å². The SMILES string of the molecule is Cc1ccc(F)cc1COc1cc(F)ccc1B(O)O. The van der Waals surface area contributed by atoms with E-state index in [2.05, 4.69) is 0 Å². The molecular weight excluding hydrogens is 265 g/mol. The van der Waals surface area contributed by atoms with E-state index in [0.717, 1.165) is 17.7 Å². The molecule has 0 aliphatic carbocycles. The zero-order chi connectivity index (χ0) is 14.7. The fourth-order valence-corrected chi connectivity index (χ4v) is 1.80. The molecule has 0 aliphatic heterocycles. The number of rotatable bonds is 4. The summed E-state index contributed by atoms with van der Waals surface area (Å²) < 4.78 is 31.7. The quantitative estimate of drug-likeness (QED) is 0.834. The van der Waals surface area contributed by atoms with Gasteiger partial charge in [-0.2, -0.15) is 0 Å². The van der Waals surface area contributed by atoms with Crippen molar-refractivity contribution in [2.45, 2.75) is 13.5 Å². The average molecular weight is 278 g/mol. The van der Waals surface area contributed by atoms with Crippen LogP contribution in [0.4, 0.5) is 8.78 Å². The second-order valence-corrected chi connectivity index (χ2v) is 4.42. The van der Waals surface area contributed by atoms with Crippen molar-refractivity contribution in [1.29, 1.82) is 0 Å². The minimum atomic E-state index is -1.76. The maximum absolute atomic E-state index is 13.2. The molecule has 0 aromatic heterocycles. The number of ether oxygens (including phenoxy) is 1. The van der Waals surface area contributed by atoms with Crippen molar-refractivity contribution >= 4 is 12.6 Å². The summed E-state index contributed by atoms with van der Waals surface area (Å²) in [6.07, 6.45) is 0. The summed E-state index contributed by atoms with van der Waals surface area (Å²) in [6.45, 7) is 1.80. The Balaban J connectivity index is 2.22. The smallest absolute Gasteiger partial charge is 0.489 e. The zero-order valence-electron chi connectivity index (χ0n) is 10.8. The minimum absolute atomic E-state index is 0.00671. The summed E-state index contributed by atoms with van der Waals surface area (Å²) in [5.74, 6) is -0.931. The van der Waals surface area contributed by atoms with Gasteiger partial charge in [-0.25, -0.2) is 8.78 Å². The first kappa shape index (κ1) is 14.5. The first-order valence-corrected chi connectivity index (χ1v) is 6.01. The molecule has 0 atom stereocenters. The van der Waals surface area contributed by atoms with E-state index in [0.29, 0.717) is 5.56 Å².